The van der Waals surface area contributed by atoms with Crippen molar-refractivity contribution in [3.05, 3.63) is 30.0 Å². The van der Waals surface area contributed by atoms with Crippen molar-refractivity contribution in [2.24, 2.45) is 10.7 Å². The van der Waals surface area contributed by atoms with E-state index in [2.05, 4.69) is 4.99 Å². The van der Waals surface area contributed by atoms with Gasteiger partial charge in [0, 0.05) is 24.5 Å². The molecule has 1 aromatic carbocycles. The van der Waals surface area contributed by atoms with E-state index in [1.807, 2.05) is 13.0 Å². The Labute approximate surface area is 89.5 Å². The number of hydrogen-bond donors (Lipinski definition) is 3. The fourth-order valence-corrected chi connectivity index (χ4v) is 1.16. The third kappa shape index (κ3) is 2.74. The predicted octanol–water partition coefficient (Wildman–Crippen LogP) is 1.24. The topological polar surface area (TPSA) is 90.4 Å². The molecular weight excluding hydrogens is 188 g/mol. The second-order valence-corrected chi connectivity index (χ2v) is 3.09. The summed E-state index contributed by atoms with van der Waals surface area (Å²) in [6.07, 6.45) is 3.23. The van der Waals surface area contributed by atoms with Gasteiger partial charge in [-0.15, -0.1) is 0 Å². The highest BCUT2D eigenvalue weighted by Crippen LogP contribution is 2.20. The highest BCUT2D eigenvalue weighted by Gasteiger charge is 2.00. The molecule has 0 saturated heterocycles. The number of nitrogens with two attached hydrogens (primary N) is 3. The maximum atomic E-state index is 5.70. The molecule has 0 aliphatic carbocycles. The first-order valence-electron chi connectivity index (χ1n) is 4.76. The van der Waals surface area contributed by atoms with Crippen molar-refractivity contribution in [1.29, 1.82) is 0 Å². The summed E-state index contributed by atoms with van der Waals surface area (Å²) < 4.78 is 0. The zero-order chi connectivity index (χ0) is 11.3. The number of benzene rings is 1. The van der Waals surface area contributed by atoms with Gasteiger partial charge in [0.05, 0.1) is 11.4 Å². The molecule has 0 bridgehead atoms. The summed E-state index contributed by atoms with van der Waals surface area (Å²) in [5.74, 6) is 0. The SMILES string of the molecule is CCN=CC(=CN)c1ccc(N)c(N)c1. The number of hydrogen-bond acceptors (Lipinski definition) is 4. The van der Waals surface area contributed by atoms with Gasteiger partial charge in [-0.25, -0.2) is 0 Å². The van der Waals surface area contributed by atoms with E-state index in [4.69, 9.17) is 17.2 Å². The van der Waals surface area contributed by atoms with Crippen molar-refractivity contribution in [2.45, 2.75) is 6.92 Å². The first-order chi connectivity index (χ1) is 7.19. The standard InChI is InChI=1S/C11H16N4/c1-2-15-7-9(6-12)8-3-4-10(13)11(14)5-8/h3-7H,2,12-14H2,1H3. The average molecular weight is 204 g/mol. The highest BCUT2D eigenvalue weighted by molar-refractivity contribution is 6.10. The normalized spacial score (nSPS) is 12.2. The number of nitrogen functional groups attached to an aromatic ring is 2. The molecule has 0 atom stereocenters. The van der Waals surface area contributed by atoms with Gasteiger partial charge in [0.1, 0.15) is 0 Å². The summed E-state index contributed by atoms with van der Waals surface area (Å²) in [6.45, 7) is 2.68. The number of allylic oxidation sites excluding steroid dienone is 1. The third-order valence-electron chi connectivity index (χ3n) is 2.01. The molecule has 0 amide bonds. The lowest BCUT2D eigenvalue weighted by atomic mass is 10.1. The lowest BCUT2D eigenvalue weighted by molar-refractivity contribution is 1.14. The van der Waals surface area contributed by atoms with Crippen molar-refractivity contribution in [3.63, 3.8) is 0 Å². The van der Waals surface area contributed by atoms with Crippen LogP contribution in [-0.2, 0) is 0 Å². The number of rotatable bonds is 3. The van der Waals surface area contributed by atoms with Gasteiger partial charge < -0.3 is 17.2 Å². The average Bonchev–Trinajstić information content (AvgIpc) is 2.24. The van der Waals surface area contributed by atoms with Crippen molar-refractivity contribution >= 4 is 23.2 Å². The number of aliphatic imine (C=N–C) groups is 1. The van der Waals surface area contributed by atoms with Gasteiger partial charge in [-0.3, -0.25) is 4.99 Å². The second-order valence-electron chi connectivity index (χ2n) is 3.09. The third-order valence-corrected chi connectivity index (χ3v) is 2.01. The van der Waals surface area contributed by atoms with E-state index in [0.717, 1.165) is 17.7 Å². The fourth-order valence-electron chi connectivity index (χ4n) is 1.16. The van der Waals surface area contributed by atoms with Crippen LogP contribution in [0.1, 0.15) is 12.5 Å². The predicted molar refractivity (Wildman–Crippen MR) is 66.5 cm³/mol. The lowest BCUT2D eigenvalue weighted by Gasteiger charge is -2.04. The van der Waals surface area contributed by atoms with Crippen LogP contribution in [-0.4, -0.2) is 12.8 Å². The summed E-state index contributed by atoms with van der Waals surface area (Å²) in [5.41, 5.74) is 19.7. The van der Waals surface area contributed by atoms with Gasteiger partial charge in [-0.05, 0) is 24.6 Å². The molecule has 0 heterocycles. The van der Waals surface area contributed by atoms with Crippen molar-refractivity contribution < 1.29 is 0 Å². The number of nitrogens with zero attached hydrogens (tertiary/aromatic N) is 1. The van der Waals surface area contributed by atoms with E-state index in [1.54, 1.807) is 18.3 Å². The molecule has 1 aromatic rings. The highest BCUT2D eigenvalue weighted by atomic mass is 14.7. The Morgan fingerprint density at radius 1 is 1.33 bits per heavy atom. The molecule has 0 aliphatic rings. The Kier molecular flexibility index (Phi) is 3.74. The summed E-state index contributed by atoms with van der Waals surface area (Å²) in [5, 5.41) is 0. The van der Waals surface area contributed by atoms with Crippen LogP contribution < -0.4 is 17.2 Å². The molecule has 0 fully saturated rings. The minimum atomic E-state index is 0.553. The monoisotopic (exact) mass is 204 g/mol. The minimum absolute atomic E-state index is 0.553. The van der Waals surface area contributed by atoms with Gasteiger partial charge >= 0.3 is 0 Å². The minimum Gasteiger partial charge on any atom is -0.404 e. The molecule has 6 N–H and O–H groups in total. The van der Waals surface area contributed by atoms with Crippen LogP contribution in [0.2, 0.25) is 0 Å². The molecule has 15 heavy (non-hydrogen) atoms. The summed E-state index contributed by atoms with van der Waals surface area (Å²) >= 11 is 0. The lowest BCUT2D eigenvalue weighted by Crippen LogP contribution is -1.97. The van der Waals surface area contributed by atoms with Gasteiger partial charge in [0.25, 0.3) is 0 Å². The summed E-state index contributed by atoms with van der Waals surface area (Å²) in [6, 6.07) is 5.41. The molecular formula is C11H16N4. The van der Waals surface area contributed by atoms with E-state index >= 15 is 0 Å². The molecule has 0 spiro atoms. The zero-order valence-electron chi connectivity index (χ0n) is 8.77. The Balaban J connectivity index is 3.04. The molecule has 0 radical (unpaired) electrons. The maximum Gasteiger partial charge on any atom is 0.0554 e. The van der Waals surface area contributed by atoms with E-state index in [0.29, 0.717) is 11.4 Å². The smallest absolute Gasteiger partial charge is 0.0554 e. The second kappa shape index (κ2) is 5.05. The van der Waals surface area contributed by atoms with Crippen LogP contribution >= 0.6 is 0 Å². The molecule has 1 rings (SSSR count). The first-order valence-corrected chi connectivity index (χ1v) is 4.76. The van der Waals surface area contributed by atoms with Crippen LogP contribution in [0, 0.1) is 0 Å². The molecule has 4 heteroatoms. The van der Waals surface area contributed by atoms with E-state index in [-0.39, 0.29) is 0 Å². The Hall–Kier alpha value is -1.97. The quantitative estimate of drug-likeness (QED) is 0.511. The van der Waals surface area contributed by atoms with Gasteiger partial charge in [0.15, 0.2) is 0 Å². The summed E-state index contributed by atoms with van der Waals surface area (Å²) in [7, 11) is 0. The Morgan fingerprint density at radius 2 is 2.07 bits per heavy atom. The van der Waals surface area contributed by atoms with E-state index in [9.17, 15) is 0 Å². The van der Waals surface area contributed by atoms with Gasteiger partial charge in [-0.2, -0.15) is 0 Å². The summed E-state index contributed by atoms with van der Waals surface area (Å²) in [4.78, 5) is 4.13. The Bertz CT molecular complexity index is 394. The Morgan fingerprint density at radius 3 is 2.60 bits per heavy atom. The van der Waals surface area contributed by atoms with Crippen molar-refractivity contribution in [2.75, 3.05) is 18.0 Å². The van der Waals surface area contributed by atoms with Crippen LogP contribution in [0.15, 0.2) is 29.4 Å². The van der Waals surface area contributed by atoms with Crippen molar-refractivity contribution in [3.8, 4) is 0 Å². The van der Waals surface area contributed by atoms with Crippen LogP contribution in [0.25, 0.3) is 5.57 Å². The number of anilines is 2. The van der Waals surface area contributed by atoms with Crippen LogP contribution in [0.3, 0.4) is 0 Å². The first kappa shape index (κ1) is 11.1. The molecule has 0 saturated carbocycles. The molecule has 4 nitrogen and oxygen atoms in total. The largest absolute Gasteiger partial charge is 0.404 e. The van der Waals surface area contributed by atoms with Crippen LogP contribution in [0.5, 0.6) is 0 Å². The molecule has 0 aromatic heterocycles. The molecule has 0 aliphatic heterocycles. The molecule has 80 valence electrons. The van der Waals surface area contributed by atoms with Gasteiger partial charge in [-0.1, -0.05) is 6.07 Å². The van der Waals surface area contributed by atoms with E-state index in [1.165, 1.54) is 6.20 Å². The van der Waals surface area contributed by atoms with Crippen LogP contribution in [0.4, 0.5) is 11.4 Å². The fraction of sp³-hybridized carbons (Fsp3) is 0.182. The van der Waals surface area contributed by atoms with Crippen molar-refractivity contribution in [1.82, 2.24) is 0 Å². The molecule has 0 unspecified atom stereocenters. The zero-order valence-corrected chi connectivity index (χ0v) is 8.77. The van der Waals surface area contributed by atoms with E-state index < -0.39 is 0 Å². The maximum absolute atomic E-state index is 5.70. The van der Waals surface area contributed by atoms with Gasteiger partial charge in [0.2, 0.25) is 0 Å².